The number of para-hydroxylation sites is 2. The van der Waals surface area contributed by atoms with E-state index in [0.717, 1.165) is 16.9 Å². The third kappa shape index (κ3) is 1.95. The molecule has 0 radical (unpaired) electrons. The Balaban J connectivity index is 1.92. The van der Waals surface area contributed by atoms with E-state index in [2.05, 4.69) is 10.6 Å². The van der Waals surface area contributed by atoms with Gasteiger partial charge in [0.05, 0.1) is 17.3 Å². The molecule has 1 aliphatic rings. The maximum absolute atomic E-state index is 12.2. The minimum atomic E-state index is -0.154. The van der Waals surface area contributed by atoms with Crippen LogP contribution in [0.5, 0.6) is 0 Å². The van der Waals surface area contributed by atoms with E-state index in [0.29, 0.717) is 6.54 Å². The van der Waals surface area contributed by atoms with Gasteiger partial charge in [0, 0.05) is 6.54 Å². The van der Waals surface area contributed by atoms with Crippen LogP contribution in [-0.2, 0) is 4.79 Å². The van der Waals surface area contributed by atoms with Gasteiger partial charge >= 0.3 is 0 Å². The van der Waals surface area contributed by atoms with E-state index in [1.165, 1.54) is 0 Å². The van der Waals surface area contributed by atoms with Gasteiger partial charge in [0.25, 0.3) is 0 Å². The second-order valence-electron chi connectivity index (χ2n) is 4.38. The number of hydrogen-bond acceptors (Lipinski definition) is 2. The first-order valence-corrected chi connectivity index (χ1v) is 6.03. The molecule has 2 aromatic rings. The summed E-state index contributed by atoms with van der Waals surface area (Å²) in [6.45, 7) is 0.618. The Labute approximate surface area is 106 Å². The Morgan fingerprint density at radius 3 is 2.33 bits per heavy atom. The van der Waals surface area contributed by atoms with Gasteiger partial charge in [0.2, 0.25) is 5.91 Å². The van der Waals surface area contributed by atoms with E-state index in [-0.39, 0.29) is 11.8 Å². The summed E-state index contributed by atoms with van der Waals surface area (Å²) < 4.78 is 0. The van der Waals surface area contributed by atoms with Crippen LogP contribution >= 0.6 is 0 Å². The molecular formula is C15H14N2O. The molecule has 0 aromatic heterocycles. The number of nitrogens with one attached hydrogen (secondary N) is 2. The lowest BCUT2D eigenvalue weighted by Gasteiger charge is -2.13. The van der Waals surface area contributed by atoms with Crippen LogP contribution < -0.4 is 10.6 Å². The van der Waals surface area contributed by atoms with Crippen molar-refractivity contribution in [3.8, 4) is 0 Å². The lowest BCUT2D eigenvalue weighted by molar-refractivity contribution is -0.117. The highest BCUT2D eigenvalue weighted by Crippen LogP contribution is 2.28. The molecule has 18 heavy (non-hydrogen) atoms. The Hall–Kier alpha value is -2.29. The first-order chi connectivity index (χ1) is 8.84. The van der Waals surface area contributed by atoms with Crippen molar-refractivity contribution in [2.75, 3.05) is 17.2 Å². The molecule has 3 nitrogen and oxygen atoms in total. The topological polar surface area (TPSA) is 41.1 Å². The van der Waals surface area contributed by atoms with Crippen molar-refractivity contribution in [1.29, 1.82) is 0 Å². The smallest absolute Gasteiger partial charge is 0.233 e. The molecule has 3 heteroatoms. The van der Waals surface area contributed by atoms with Crippen molar-refractivity contribution in [2.24, 2.45) is 0 Å². The predicted octanol–water partition coefficient (Wildman–Crippen LogP) is 2.83. The van der Waals surface area contributed by atoms with Gasteiger partial charge in [-0.2, -0.15) is 0 Å². The highest BCUT2D eigenvalue weighted by Gasteiger charge is 2.24. The summed E-state index contributed by atoms with van der Waals surface area (Å²) in [6, 6.07) is 17.6. The number of amides is 1. The highest BCUT2D eigenvalue weighted by molar-refractivity contribution is 6.00. The fourth-order valence-corrected chi connectivity index (χ4v) is 2.23. The van der Waals surface area contributed by atoms with Crippen LogP contribution in [0.25, 0.3) is 0 Å². The lowest BCUT2D eigenvalue weighted by atomic mass is 9.98. The zero-order chi connectivity index (χ0) is 12.4. The van der Waals surface area contributed by atoms with Crippen molar-refractivity contribution >= 4 is 17.3 Å². The van der Waals surface area contributed by atoms with Crippen LogP contribution in [0, 0.1) is 0 Å². The van der Waals surface area contributed by atoms with Crippen molar-refractivity contribution < 1.29 is 4.79 Å². The molecule has 2 aromatic carbocycles. The molecule has 1 heterocycles. The lowest BCUT2D eigenvalue weighted by Crippen LogP contribution is -2.23. The van der Waals surface area contributed by atoms with Gasteiger partial charge < -0.3 is 10.6 Å². The zero-order valence-electron chi connectivity index (χ0n) is 9.89. The van der Waals surface area contributed by atoms with E-state index in [1.54, 1.807) is 0 Å². The molecule has 0 fully saturated rings. The molecular weight excluding hydrogens is 224 g/mol. The van der Waals surface area contributed by atoms with Crippen LogP contribution in [0.3, 0.4) is 0 Å². The minimum Gasteiger partial charge on any atom is -0.382 e. The van der Waals surface area contributed by atoms with E-state index in [4.69, 9.17) is 0 Å². The van der Waals surface area contributed by atoms with Crippen LogP contribution in [0.2, 0.25) is 0 Å². The molecule has 1 amide bonds. The molecule has 2 N–H and O–H groups in total. The fraction of sp³-hybridized carbons (Fsp3) is 0.133. The molecule has 3 rings (SSSR count). The molecule has 0 aliphatic carbocycles. The number of carbonyl (C=O) groups excluding carboxylic acids is 1. The molecule has 0 spiro atoms. The Kier molecular flexibility index (Phi) is 2.73. The molecule has 90 valence electrons. The van der Waals surface area contributed by atoms with Crippen LogP contribution in [-0.4, -0.2) is 12.5 Å². The summed E-state index contributed by atoms with van der Waals surface area (Å²) in [5.41, 5.74) is 2.86. The second-order valence-corrected chi connectivity index (χ2v) is 4.38. The second kappa shape index (κ2) is 4.53. The molecule has 0 bridgehead atoms. The third-order valence-corrected chi connectivity index (χ3v) is 3.20. The summed E-state index contributed by atoms with van der Waals surface area (Å²) in [7, 11) is 0. The van der Waals surface area contributed by atoms with Crippen LogP contribution in [0.1, 0.15) is 11.5 Å². The van der Waals surface area contributed by atoms with E-state index < -0.39 is 0 Å². The van der Waals surface area contributed by atoms with Gasteiger partial charge in [-0.15, -0.1) is 0 Å². The van der Waals surface area contributed by atoms with Gasteiger partial charge in [-0.3, -0.25) is 4.79 Å². The fourth-order valence-electron chi connectivity index (χ4n) is 2.23. The Morgan fingerprint density at radius 1 is 0.889 bits per heavy atom. The first kappa shape index (κ1) is 10.8. The molecule has 0 saturated heterocycles. The largest absolute Gasteiger partial charge is 0.382 e. The van der Waals surface area contributed by atoms with Gasteiger partial charge in [-0.1, -0.05) is 42.5 Å². The van der Waals surface area contributed by atoms with E-state index in [9.17, 15) is 4.79 Å². The minimum absolute atomic E-state index is 0.0404. The highest BCUT2D eigenvalue weighted by atomic mass is 16.1. The molecule has 1 aliphatic heterocycles. The summed E-state index contributed by atoms with van der Waals surface area (Å²) >= 11 is 0. The van der Waals surface area contributed by atoms with Crippen molar-refractivity contribution in [3.63, 3.8) is 0 Å². The third-order valence-electron chi connectivity index (χ3n) is 3.20. The average Bonchev–Trinajstić information content (AvgIpc) is 2.58. The van der Waals surface area contributed by atoms with Gasteiger partial charge in [-0.25, -0.2) is 0 Å². The molecule has 0 saturated carbocycles. The maximum atomic E-state index is 12.2. The number of hydrogen-bond donors (Lipinski definition) is 2. The van der Waals surface area contributed by atoms with Crippen molar-refractivity contribution in [3.05, 3.63) is 60.2 Å². The number of fused-ring (bicyclic) bond motifs is 1. The van der Waals surface area contributed by atoms with Crippen molar-refractivity contribution in [1.82, 2.24) is 0 Å². The quantitative estimate of drug-likeness (QED) is 0.802. The monoisotopic (exact) mass is 238 g/mol. The van der Waals surface area contributed by atoms with Crippen LogP contribution in [0.4, 0.5) is 11.4 Å². The number of carbonyl (C=O) groups is 1. The standard InChI is InChI=1S/C15H14N2O/c18-15-12(11-6-2-1-3-7-11)10-16-13-8-4-5-9-14(13)17-15/h1-9,12,16H,10H2,(H,17,18). The van der Waals surface area contributed by atoms with Gasteiger partial charge in [-0.05, 0) is 17.7 Å². The zero-order valence-corrected chi connectivity index (χ0v) is 9.89. The Bertz CT molecular complexity index is 566. The summed E-state index contributed by atoms with van der Waals surface area (Å²) in [5.74, 6) is -0.114. The first-order valence-electron chi connectivity index (χ1n) is 6.03. The number of benzene rings is 2. The summed E-state index contributed by atoms with van der Waals surface area (Å²) in [4.78, 5) is 12.2. The van der Waals surface area contributed by atoms with Gasteiger partial charge in [0.1, 0.15) is 0 Å². The van der Waals surface area contributed by atoms with Crippen LogP contribution in [0.15, 0.2) is 54.6 Å². The molecule has 1 unspecified atom stereocenters. The van der Waals surface area contributed by atoms with E-state index >= 15 is 0 Å². The predicted molar refractivity (Wildman–Crippen MR) is 72.7 cm³/mol. The number of anilines is 2. The van der Waals surface area contributed by atoms with Gasteiger partial charge in [0.15, 0.2) is 0 Å². The average molecular weight is 238 g/mol. The normalized spacial score (nSPS) is 18.2. The Morgan fingerprint density at radius 2 is 1.56 bits per heavy atom. The summed E-state index contributed by atoms with van der Waals surface area (Å²) in [6.07, 6.45) is 0. The van der Waals surface area contributed by atoms with E-state index in [1.807, 2.05) is 54.6 Å². The molecule has 1 atom stereocenters. The van der Waals surface area contributed by atoms with Crippen molar-refractivity contribution in [2.45, 2.75) is 5.92 Å². The number of rotatable bonds is 1. The SMILES string of the molecule is O=C1Nc2ccccc2NCC1c1ccccc1. The maximum Gasteiger partial charge on any atom is 0.233 e. The summed E-state index contributed by atoms with van der Waals surface area (Å²) in [5, 5.41) is 6.29.